The van der Waals surface area contributed by atoms with Crippen molar-refractivity contribution in [1.29, 1.82) is 0 Å². The van der Waals surface area contributed by atoms with Crippen LogP contribution in [0.2, 0.25) is 0 Å². The zero-order valence-electron chi connectivity index (χ0n) is 17.1. The Labute approximate surface area is 151 Å². The molecule has 0 aromatic carbocycles. The summed E-state index contributed by atoms with van der Waals surface area (Å²) in [6.45, 7) is 13.8. The maximum absolute atomic E-state index is 7.02. The van der Waals surface area contributed by atoms with E-state index >= 15 is 0 Å². The fourth-order valence-corrected chi connectivity index (χ4v) is 5.81. The van der Waals surface area contributed by atoms with Gasteiger partial charge in [0, 0.05) is 5.54 Å². The number of allylic oxidation sites excluding steroid dienone is 2. The first kappa shape index (κ1) is 19.8. The van der Waals surface area contributed by atoms with Gasteiger partial charge in [0.05, 0.1) is 0 Å². The van der Waals surface area contributed by atoms with Crippen molar-refractivity contribution in [2.45, 2.75) is 92.0 Å². The Bertz CT molecular complexity index is 474. The van der Waals surface area contributed by atoms with Crippen molar-refractivity contribution >= 4 is 0 Å². The van der Waals surface area contributed by atoms with E-state index in [0.717, 1.165) is 11.8 Å². The molecule has 3 aliphatic carbocycles. The van der Waals surface area contributed by atoms with Crippen LogP contribution < -0.4 is 5.73 Å². The Morgan fingerprint density at radius 1 is 1.25 bits per heavy atom. The van der Waals surface area contributed by atoms with E-state index in [1.165, 1.54) is 50.5 Å². The third-order valence-corrected chi connectivity index (χ3v) is 7.54. The molecule has 1 fully saturated rings. The van der Waals surface area contributed by atoms with Crippen molar-refractivity contribution in [1.82, 2.24) is 0 Å². The first-order chi connectivity index (χ1) is 11.4. The Hall–Kier alpha value is -0.560. The second-order valence-corrected chi connectivity index (χ2v) is 8.73. The molecule has 24 heavy (non-hydrogen) atoms. The van der Waals surface area contributed by atoms with Gasteiger partial charge in [-0.15, -0.1) is 0 Å². The van der Waals surface area contributed by atoms with Gasteiger partial charge in [0.1, 0.15) is 0 Å². The van der Waals surface area contributed by atoms with Crippen molar-refractivity contribution in [2.75, 3.05) is 0 Å². The molecule has 5 unspecified atom stereocenters. The molecule has 0 aromatic rings. The molecule has 0 saturated heterocycles. The van der Waals surface area contributed by atoms with E-state index in [1.54, 1.807) is 0 Å². The van der Waals surface area contributed by atoms with Gasteiger partial charge < -0.3 is 5.73 Å². The first-order valence-electron chi connectivity index (χ1n) is 10.6. The molecule has 2 N–H and O–H groups in total. The highest BCUT2D eigenvalue weighted by Crippen LogP contribution is 2.58. The molecule has 0 aliphatic heterocycles. The second-order valence-electron chi connectivity index (χ2n) is 8.73. The third kappa shape index (κ3) is 3.14. The lowest BCUT2D eigenvalue weighted by molar-refractivity contribution is -0.0278. The van der Waals surface area contributed by atoms with E-state index in [1.807, 2.05) is 13.8 Å². The predicted molar refractivity (Wildman–Crippen MR) is 107 cm³/mol. The monoisotopic (exact) mass is 331 g/mol. The maximum atomic E-state index is 7.02. The summed E-state index contributed by atoms with van der Waals surface area (Å²) in [6, 6.07) is 0. The van der Waals surface area contributed by atoms with Crippen LogP contribution in [-0.2, 0) is 0 Å². The van der Waals surface area contributed by atoms with Gasteiger partial charge in [0.2, 0.25) is 0 Å². The van der Waals surface area contributed by atoms with Gasteiger partial charge in [-0.05, 0) is 73.2 Å². The minimum Gasteiger partial charge on any atom is -0.321 e. The Balaban J connectivity index is 0.00000100. The molecule has 5 atom stereocenters. The molecule has 138 valence electrons. The highest BCUT2D eigenvalue weighted by molar-refractivity contribution is 5.39. The molecule has 0 bridgehead atoms. The molecule has 0 radical (unpaired) electrons. The quantitative estimate of drug-likeness (QED) is 0.628. The van der Waals surface area contributed by atoms with Gasteiger partial charge >= 0.3 is 0 Å². The summed E-state index contributed by atoms with van der Waals surface area (Å²) in [4.78, 5) is 0. The van der Waals surface area contributed by atoms with E-state index in [9.17, 15) is 0 Å². The summed E-state index contributed by atoms with van der Waals surface area (Å²) in [7, 11) is 0. The van der Waals surface area contributed by atoms with Gasteiger partial charge in [-0.1, -0.05) is 66.2 Å². The van der Waals surface area contributed by atoms with Crippen LogP contribution in [0.4, 0.5) is 0 Å². The predicted octanol–water partition coefficient (Wildman–Crippen LogP) is 6.50. The van der Waals surface area contributed by atoms with E-state index in [-0.39, 0.29) is 5.54 Å². The molecule has 1 saturated carbocycles. The molecular formula is C23H41N. The normalized spacial score (nSPS) is 41.0. The van der Waals surface area contributed by atoms with Crippen LogP contribution in [0.15, 0.2) is 23.8 Å². The number of hydrogen-bond donors (Lipinski definition) is 1. The molecular weight excluding hydrogens is 290 g/mol. The SMILES string of the molecule is CC.CCCC1C2C=CC3=CCCCC3(N)C2CCC1(C)C(C)C. The van der Waals surface area contributed by atoms with Gasteiger partial charge in [-0.2, -0.15) is 0 Å². The smallest absolute Gasteiger partial charge is 0.0440 e. The number of rotatable bonds is 3. The maximum Gasteiger partial charge on any atom is 0.0440 e. The molecule has 3 aliphatic rings. The number of nitrogens with two attached hydrogens (primary N) is 1. The molecule has 1 heteroatoms. The topological polar surface area (TPSA) is 26.0 Å². The summed E-state index contributed by atoms with van der Waals surface area (Å²) in [6.07, 6.45) is 16.4. The second kappa shape index (κ2) is 7.77. The van der Waals surface area contributed by atoms with E-state index in [0.29, 0.717) is 17.3 Å². The fourth-order valence-electron chi connectivity index (χ4n) is 5.81. The van der Waals surface area contributed by atoms with Gasteiger partial charge in [-0.25, -0.2) is 0 Å². The first-order valence-corrected chi connectivity index (χ1v) is 10.6. The molecule has 0 heterocycles. The number of fused-ring (bicyclic) bond motifs is 3. The molecule has 0 aromatic heterocycles. The van der Waals surface area contributed by atoms with Crippen LogP contribution in [0, 0.1) is 29.1 Å². The zero-order chi connectivity index (χ0) is 18.0. The van der Waals surface area contributed by atoms with E-state index < -0.39 is 0 Å². The Kier molecular flexibility index (Phi) is 6.40. The lowest BCUT2D eigenvalue weighted by Gasteiger charge is -2.58. The number of hydrogen-bond acceptors (Lipinski definition) is 1. The summed E-state index contributed by atoms with van der Waals surface area (Å²) in [5, 5.41) is 0. The van der Waals surface area contributed by atoms with Crippen molar-refractivity contribution < 1.29 is 0 Å². The zero-order valence-corrected chi connectivity index (χ0v) is 17.1. The van der Waals surface area contributed by atoms with Crippen molar-refractivity contribution in [3.63, 3.8) is 0 Å². The van der Waals surface area contributed by atoms with Crippen LogP contribution in [0.3, 0.4) is 0 Å². The highest BCUT2D eigenvalue weighted by atomic mass is 14.8. The average Bonchev–Trinajstić information content (AvgIpc) is 2.58. The standard InChI is InChI=1S/C21H35N.C2H6/c1-5-8-18-17-11-10-16-9-6-7-13-21(16,22)19(17)12-14-20(18,4)15(2)3;1-2/h9-11,15,17-19H,5-8,12-14,22H2,1-4H3;1-2H3. The summed E-state index contributed by atoms with van der Waals surface area (Å²) in [5.74, 6) is 2.93. The molecule has 3 rings (SSSR count). The van der Waals surface area contributed by atoms with Crippen molar-refractivity contribution in [3.8, 4) is 0 Å². The van der Waals surface area contributed by atoms with Crippen molar-refractivity contribution in [3.05, 3.63) is 23.8 Å². The Morgan fingerprint density at radius 2 is 1.96 bits per heavy atom. The molecule has 1 nitrogen and oxygen atoms in total. The molecule has 0 spiro atoms. The fraction of sp³-hybridized carbons (Fsp3) is 0.826. The lowest BCUT2D eigenvalue weighted by atomic mass is 9.48. The van der Waals surface area contributed by atoms with E-state index in [2.05, 4.69) is 45.9 Å². The summed E-state index contributed by atoms with van der Waals surface area (Å²) >= 11 is 0. The average molecular weight is 332 g/mol. The minimum absolute atomic E-state index is 0.0258. The van der Waals surface area contributed by atoms with Crippen LogP contribution >= 0.6 is 0 Å². The van der Waals surface area contributed by atoms with E-state index in [4.69, 9.17) is 5.73 Å². The van der Waals surface area contributed by atoms with Crippen LogP contribution in [0.1, 0.15) is 86.5 Å². The van der Waals surface area contributed by atoms with Gasteiger partial charge in [0.25, 0.3) is 0 Å². The minimum atomic E-state index is -0.0258. The third-order valence-electron chi connectivity index (χ3n) is 7.54. The van der Waals surface area contributed by atoms with Crippen LogP contribution in [0.5, 0.6) is 0 Å². The Morgan fingerprint density at radius 3 is 2.58 bits per heavy atom. The van der Waals surface area contributed by atoms with Crippen LogP contribution in [0.25, 0.3) is 0 Å². The van der Waals surface area contributed by atoms with Gasteiger partial charge in [0.15, 0.2) is 0 Å². The van der Waals surface area contributed by atoms with Gasteiger partial charge in [-0.3, -0.25) is 0 Å². The molecule has 0 amide bonds. The van der Waals surface area contributed by atoms with Crippen molar-refractivity contribution in [2.24, 2.45) is 34.8 Å². The lowest BCUT2D eigenvalue weighted by Crippen LogP contribution is -2.58. The summed E-state index contributed by atoms with van der Waals surface area (Å²) < 4.78 is 0. The van der Waals surface area contributed by atoms with Crippen LogP contribution in [-0.4, -0.2) is 5.54 Å². The highest BCUT2D eigenvalue weighted by Gasteiger charge is 2.53. The summed E-state index contributed by atoms with van der Waals surface area (Å²) in [5.41, 5.74) is 8.92. The largest absolute Gasteiger partial charge is 0.321 e.